The molecule has 0 saturated carbocycles. The molecule has 0 aromatic heterocycles. The molecule has 1 atom stereocenters. The lowest BCUT2D eigenvalue weighted by atomic mass is 10.2. The van der Waals surface area contributed by atoms with Gasteiger partial charge in [0.2, 0.25) is 0 Å². The predicted molar refractivity (Wildman–Crippen MR) is 76.1 cm³/mol. The van der Waals surface area contributed by atoms with E-state index in [4.69, 9.17) is 9.47 Å². The highest BCUT2D eigenvalue weighted by molar-refractivity contribution is 7.91. The second-order valence-corrected chi connectivity index (χ2v) is 7.29. The van der Waals surface area contributed by atoms with Crippen LogP contribution in [0.15, 0.2) is 18.2 Å². The largest absolute Gasteiger partial charge is 0.493 e. The predicted octanol–water partition coefficient (Wildman–Crippen LogP) is 2.39. The molecule has 8 heteroatoms. The van der Waals surface area contributed by atoms with Crippen LogP contribution in [-0.2, 0) is 20.3 Å². The normalized spacial score (nSPS) is 19.2. The van der Waals surface area contributed by atoms with E-state index in [0.29, 0.717) is 25.0 Å². The van der Waals surface area contributed by atoms with Gasteiger partial charge in [0, 0.05) is 6.61 Å². The van der Waals surface area contributed by atoms with Gasteiger partial charge in [-0.15, -0.1) is 0 Å². The summed E-state index contributed by atoms with van der Waals surface area (Å²) in [5.74, 6) is -0.237. The van der Waals surface area contributed by atoms with Gasteiger partial charge in [0.05, 0.1) is 24.7 Å². The van der Waals surface area contributed by atoms with Crippen LogP contribution < -0.4 is 9.47 Å². The molecule has 22 heavy (non-hydrogen) atoms. The van der Waals surface area contributed by atoms with Crippen LogP contribution in [0.1, 0.15) is 18.4 Å². The van der Waals surface area contributed by atoms with Gasteiger partial charge >= 0.3 is 6.61 Å². The molecule has 2 rings (SSSR count). The smallest absolute Gasteiger partial charge is 0.387 e. The van der Waals surface area contributed by atoms with Gasteiger partial charge in [-0.05, 0) is 30.5 Å². The van der Waals surface area contributed by atoms with Gasteiger partial charge in [-0.25, -0.2) is 8.42 Å². The van der Waals surface area contributed by atoms with Gasteiger partial charge in [-0.2, -0.15) is 8.78 Å². The second-order valence-electron chi connectivity index (χ2n) is 5.01. The van der Waals surface area contributed by atoms with Crippen LogP contribution in [0.4, 0.5) is 8.78 Å². The molecule has 1 aromatic rings. The number of alkyl halides is 2. The summed E-state index contributed by atoms with van der Waals surface area (Å²) in [6, 6.07) is 4.13. The molecule has 1 unspecified atom stereocenters. The lowest BCUT2D eigenvalue weighted by Gasteiger charge is -2.22. The van der Waals surface area contributed by atoms with Gasteiger partial charge in [-0.3, -0.25) is 0 Å². The Balaban J connectivity index is 2.15. The summed E-state index contributed by atoms with van der Waals surface area (Å²) in [4.78, 5) is 0. The van der Waals surface area contributed by atoms with E-state index in [1.54, 1.807) is 0 Å². The number of sulfone groups is 1. The van der Waals surface area contributed by atoms with E-state index in [0.717, 1.165) is 0 Å². The molecule has 0 aliphatic carbocycles. The molecule has 1 aliphatic rings. The third-order valence-corrected chi connectivity index (χ3v) is 5.56. The molecule has 1 aromatic carbocycles. The van der Waals surface area contributed by atoms with Crippen LogP contribution in [-0.4, -0.2) is 40.6 Å². The highest BCUT2D eigenvalue weighted by atomic mass is 32.2. The molecular weight excluding hydrogens is 318 g/mol. The quantitative estimate of drug-likeness (QED) is 0.798. The molecule has 0 bridgehead atoms. The average Bonchev–Trinajstić information content (AvgIpc) is 2.49. The van der Waals surface area contributed by atoms with E-state index in [9.17, 15) is 17.2 Å². The van der Waals surface area contributed by atoms with Crippen molar-refractivity contribution in [2.24, 2.45) is 0 Å². The fourth-order valence-electron chi connectivity index (χ4n) is 2.34. The molecule has 0 N–H and O–H groups in total. The number of ether oxygens (including phenoxy) is 3. The minimum absolute atomic E-state index is 0.0768. The Kier molecular flexibility index (Phi) is 5.57. The van der Waals surface area contributed by atoms with Crippen LogP contribution in [0.25, 0.3) is 0 Å². The van der Waals surface area contributed by atoms with Crippen LogP contribution in [0.3, 0.4) is 0 Å². The van der Waals surface area contributed by atoms with Crippen LogP contribution in [0, 0.1) is 0 Å². The van der Waals surface area contributed by atoms with Gasteiger partial charge < -0.3 is 14.2 Å². The highest BCUT2D eigenvalue weighted by Crippen LogP contribution is 2.30. The van der Waals surface area contributed by atoms with E-state index in [-0.39, 0.29) is 23.9 Å². The molecule has 0 amide bonds. The summed E-state index contributed by atoms with van der Waals surface area (Å²) < 4.78 is 63.7. The molecule has 0 spiro atoms. The first-order valence-electron chi connectivity index (χ1n) is 6.83. The number of halogens is 2. The lowest BCUT2D eigenvalue weighted by molar-refractivity contribution is -0.0512. The Morgan fingerprint density at radius 3 is 2.73 bits per heavy atom. The Morgan fingerprint density at radius 1 is 1.36 bits per heavy atom. The van der Waals surface area contributed by atoms with Gasteiger partial charge in [0.25, 0.3) is 0 Å². The zero-order valence-corrected chi connectivity index (χ0v) is 12.9. The van der Waals surface area contributed by atoms with Crippen molar-refractivity contribution in [3.8, 4) is 11.5 Å². The molecule has 5 nitrogen and oxygen atoms in total. The zero-order chi connectivity index (χ0) is 16.2. The minimum atomic E-state index is -3.37. The molecular formula is C14H18F2O5S. The monoisotopic (exact) mass is 336 g/mol. The van der Waals surface area contributed by atoms with Crippen molar-refractivity contribution in [3.63, 3.8) is 0 Å². The van der Waals surface area contributed by atoms with Crippen LogP contribution >= 0.6 is 0 Å². The topological polar surface area (TPSA) is 61.8 Å². The number of methoxy groups -OCH3 is 1. The molecule has 0 radical (unpaired) electrons. The molecule has 124 valence electrons. The Labute approximate surface area is 128 Å². The Bertz CT molecular complexity index is 597. The first-order valence-corrected chi connectivity index (χ1v) is 8.55. The number of rotatable bonds is 6. The van der Waals surface area contributed by atoms with Crippen molar-refractivity contribution >= 4 is 9.84 Å². The van der Waals surface area contributed by atoms with Crippen molar-refractivity contribution in [2.75, 3.05) is 20.3 Å². The number of hydrogen-bond acceptors (Lipinski definition) is 5. The second kappa shape index (κ2) is 7.23. The third-order valence-electron chi connectivity index (χ3n) is 3.44. The van der Waals surface area contributed by atoms with Crippen LogP contribution in [0.2, 0.25) is 0 Å². The molecule has 1 fully saturated rings. The van der Waals surface area contributed by atoms with Crippen molar-refractivity contribution in [1.29, 1.82) is 0 Å². The van der Waals surface area contributed by atoms with Gasteiger partial charge in [0.15, 0.2) is 21.3 Å². The molecule has 1 heterocycles. The summed E-state index contributed by atoms with van der Waals surface area (Å²) in [6.07, 6.45) is 1.29. The summed E-state index contributed by atoms with van der Waals surface area (Å²) in [7, 11) is -2.06. The lowest BCUT2D eigenvalue weighted by Crippen LogP contribution is -2.31. The van der Waals surface area contributed by atoms with E-state index in [1.165, 1.54) is 25.3 Å². The molecule has 1 saturated heterocycles. The molecule has 1 aliphatic heterocycles. The summed E-state index contributed by atoms with van der Waals surface area (Å²) in [6.45, 7) is -2.19. The van der Waals surface area contributed by atoms with Crippen molar-refractivity contribution in [2.45, 2.75) is 30.5 Å². The maximum absolute atomic E-state index is 12.3. The Morgan fingerprint density at radius 2 is 2.14 bits per heavy atom. The Hall–Kier alpha value is -1.41. The van der Waals surface area contributed by atoms with Crippen molar-refractivity contribution in [3.05, 3.63) is 23.8 Å². The summed E-state index contributed by atoms with van der Waals surface area (Å²) in [5.41, 5.74) is 0.462. The minimum Gasteiger partial charge on any atom is -0.493 e. The first-order chi connectivity index (χ1) is 10.4. The number of hydrogen-bond donors (Lipinski definition) is 0. The van der Waals surface area contributed by atoms with Crippen LogP contribution in [0.5, 0.6) is 11.5 Å². The van der Waals surface area contributed by atoms with Crippen molar-refractivity contribution in [1.82, 2.24) is 0 Å². The maximum Gasteiger partial charge on any atom is 0.387 e. The summed E-state index contributed by atoms with van der Waals surface area (Å²) >= 11 is 0. The fraction of sp³-hybridized carbons (Fsp3) is 0.571. The number of benzene rings is 1. The highest BCUT2D eigenvalue weighted by Gasteiger charge is 2.28. The van der Waals surface area contributed by atoms with Gasteiger partial charge in [0.1, 0.15) is 0 Å². The standard InChI is InChI=1S/C14H18F2O5S/c1-19-13-7-10(4-5-12(13)21-14(15)16)9-22(17,18)11-3-2-6-20-8-11/h4-5,7,11,14H,2-3,6,8-9H2,1H3. The van der Waals surface area contributed by atoms with Crippen molar-refractivity contribution < 1.29 is 31.4 Å². The first kappa shape index (κ1) is 17.0. The van der Waals surface area contributed by atoms with E-state index < -0.39 is 21.7 Å². The summed E-state index contributed by atoms with van der Waals surface area (Å²) in [5, 5.41) is -0.524. The van der Waals surface area contributed by atoms with E-state index >= 15 is 0 Å². The maximum atomic E-state index is 12.3. The average molecular weight is 336 g/mol. The van der Waals surface area contributed by atoms with E-state index in [1.807, 2.05) is 0 Å². The third kappa shape index (κ3) is 4.30. The van der Waals surface area contributed by atoms with Gasteiger partial charge in [-0.1, -0.05) is 6.07 Å². The zero-order valence-electron chi connectivity index (χ0n) is 12.1. The SMILES string of the molecule is COc1cc(CS(=O)(=O)C2CCCOC2)ccc1OC(F)F. The fourth-order valence-corrected chi connectivity index (χ4v) is 4.05. The van der Waals surface area contributed by atoms with E-state index in [2.05, 4.69) is 4.74 Å².